The number of aliphatic hydroxyl groups excluding tert-OH is 1. The average Bonchev–Trinajstić information content (AvgIpc) is 2.36. The number of hydrogen-bond acceptors (Lipinski definition) is 3. The first kappa shape index (κ1) is 17.3. The highest BCUT2D eigenvalue weighted by molar-refractivity contribution is 4.99. The average molecular weight is 288 g/mol. The van der Waals surface area contributed by atoms with Crippen molar-refractivity contribution in [2.75, 3.05) is 19.7 Å². The number of hydrogen-bond donors (Lipinski definition) is 1. The lowest BCUT2D eigenvalue weighted by molar-refractivity contribution is 0.00973. The molecule has 1 aliphatic carbocycles. The molecule has 0 aliphatic heterocycles. The lowest BCUT2D eigenvalue weighted by Crippen LogP contribution is -2.48. The maximum atomic E-state index is 12.7. The van der Waals surface area contributed by atoms with Crippen LogP contribution in [0.2, 0.25) is 0 Å². The second kappa shape index (κ2) is 7.33. The minimum atomic E-state index is -2.43. The number of halogens is 2. The summed E-state index contributed by atoms with van der Waals surface area (Å²) >= 11 is 0. The van der Waals surface area contributed by atoms with Crippen molar-refractivity contribution in [3.63, 3.8) is 0 Å². The van der Waals surface area contributed by atoms with Crippen LogP contribution in [0.4, 0.5) is 8.78 Å². The predicted octanol–water partition coefficient (Wildman–Crippen LogP) is 2.90. The normalized spacial score (nSPS) is 27.9. The highest BCUT2D eigenvalue weighted by atomic mass is 19.3. The van der Waals surface area contributed by atoms with E-state index in [0.29, 0.717) is 5.92 Å². The van der Waals surface area contributed by atoms with Gasteiger partial charge >= 0.3 is 0 Å². The minimum Gasteiger partial charge on any atom is -0.395 e. The summed E-state index contributed by atoms with van der Waals surface area (Å²) in [4.78, 5) is 1.61. The Morgan fingerprint density at radius 1 is 1.35 bits per heavy atom. The van der Waals surface area contributed by atoms with E-state index < -0.39 is 6.43 Å². The molecule has 0 heterocycles. The summed E-state index contributed by atoms with van der Waals surface area (Å²) in [5, 5.41) is 18.4. The van der Waals surface area contributed by atoms with E-state index in [0.717, 1.165) is 19.3 Å². The number of alkyl halides is 2. The zero-order chi connectivity index (χ0) is 15.3. The standard InChI is InChI=1S/C15H26F2N2O/c1-15(2,3)12-5-4-11(9-18)13(8-12)19(6-7-20)10-14(16)17/h11-14,20H,4-8,10H2,1-3H3. The SMILES string of the molecule is CC(C)(C)C1CCC(C#N)C(N(CCO)CC(F)F)C1. The Morgan fingerprint density at radius 2 is 2.00 bits per heavy atom. The first-order valence-corrected chi connectivity index (χ1v) is 7.32. The van der Waals surface area contributed by atoms with Crippen LogP contribution in [0.15, 0.2) is 0 Å². The second-order valence-corrected chi connectivity index (χ2v) is 6.79. The van der Waals surface area contributed by atoms with Crippen molar-refractivity contribution in [3.8, 4) is 6.07 Å². The number of nitriles is 1. The molecule has 20 heavy (non-hydrogen) atoms. The van der Waals surface area contributed by atoms with Crippen LogP contribution in [0.3, 0.4) is 0 Å². The molecule has 0 aromatic carbocycles. The van der Waals surface area contributed by atoms with Crippen LogP contribution >= 0.6 is 0 Å². The van der Waals surface area contributed by atoms with Gasteiger partial charge in [0.1, 0.15) is 0 Å². The topological polar surface area (TPSA) is 47.3 Å². The van der Waals surface area contributed by atoms with Crippen molar-refractivity contribution in [1.29, 1.82) is 5.26 Å². The highest BCUT2D eigenvalue weighted by Gasteiger charge is 2.39. The molecule has 1 rings (SSSR count). The summed E-state index contributed by atoms with van der Waals surface area (Å²) in [6.07, 6.45) is 0.0543. The fourth-order valence-electron chi connectivity index (χ4n) is 3.19. The van der Waals surface area contributed by atoms with Gasteiger partial charge in [-0.2, -0.15) is 5.26 Å². The third-order valence-electron chi connectivity index (χ3n) is 4.44. The van der Waals surface area contributed by atoms with Crippen LogP contribution in [0.25, 0.3) is 0 Å². The van der Waals surface area contributed by atoms with Gasteiger partial charge in [0.05, 0.1) is 25.1 Å². The zero-order valence-corrected chi connectivity index (χ0v) is 12.6. The third-order valence-corrected chi connectivity index (χ3v) is 4.44. The van der Waals surface area contributed by atoms with E-state index >= 15 is 0 Å². The van der Waals surface area contributed by atoms with Gasteiger partial charge in [-0.1, -0.05) is 20.8 Å². The lowest BCUT2D eigenvalue weighted by atomic mass is 9.68. The molecular formula is C15H26F2N2O. The Hall–Kier alpha value is -0.730. The summed E-state index contributed by atoms with van der Waals surface area (Å²) in [7, 11) is 0. The maximum absolute atomic E-state index is 12.7. The first-order chi connectivity index (χ1) is 9.29. The molecule has 1 aliphatic rings. The van der Waals surface area contributed by atoms with E-state index in [9.17, 15) is 14.0 Å². The highest BCUT2D eigenvalue weighted by Crippen LogP contribution is 2.41. The van der Waals surface area contributed by atoms with Crippen LogP contribution in [-0.4, -0.2) is 42.2 Å². The van der Waals surface area contributed by atoms with Crippen molar-refractivity contribution in [2.45, 2.75) is 52.5 Å². The van der Waals surface area contributed by atoms with Crippen LogP contribution < -0.4 is 0 Å². The van der Waals surface area contributed by atoms with Gasteiger partial charge in [0, 0.05) is 12.6 Å². The minimum absolute atomic E-state index is 0.119. The molecule has 0 amide bonds. The Bertz CT molecular complexity index is 336. The largest absolute Gasteiger partial charge is 0.395 e. The molecule has 3 nitrogen and oxygen atoms in total. The van der Waals surface area contributed by atoms with E-state index in [1.54, 1.807) is 4.90 Å². The maximum Gasteiger partial charge on any atom is 0.251 e. The van der Waals surface area contributed by atoms with Gasteiger partial charge in [-0.25, -0.2) is 8.78 Å². The molecule has 0 saturated heterocycles. The van der Waals surface area contributed by atoms with Crippen molar-refractivity contribution < 1.29 is 13.9 Å². The lowest BCUT2D eigenvalue weighted by Gasteiger charge is -2.44. The van der Waals surface area contributed by atoms with E-state index in [4.69, 9.17) is 5.11 Å². The van der Waals surface area contributed by atoms with Crippen molar-refractivity contribution in [1.82, 2.24) is 4.90 Å². The van der Waals surface area contributed by atoms with Gasteiger partial charge in [0.25, 0.3) is 6.43 Å². The first-order valence-electron chi connectivity index (χ1n) is 7.32. The van der Waals surface area contributed by atoms with Crippen molar-refractivity contribution >= 4 is 0 Å². The van der Waals surface area contributed by atoms with Crippen molar-refractivity contribution in [2.24, 2.45) is 17.3 Å². The Kier molecular flexibility index (Phi) is 6.35. The molecule has 3 atom stereocenters. The molecular weight excluding hydrogens is 262 g/mol. The third kappa shape index (κ3) is 4.68. The molecule has 0 spiro atoms. The summed E-state index contributed by atoms with van der Waals surface area (Å²) in [6.45, 7) is 6.17. The van der Waals surface area contributed by atoms with Crippen LogP contribution in [0.1, 0.15) is 40.0 Å². The number of aliphatic hydroxyl groups is 1. The molecule has 3 unspecified atom stereocenters. The van der Waals surface area contributed by atoms with E-state index in [2.05, 4.69) is 26.8 Å². The van der Waals surface area contributed by atoms with Crippen LogP contribution in [-0.2, 0) is 0 Å². The van der Waals surface area contributed by atoms with E-state index in [1.165, 1.54) is 0 Å². The Labute approximate surface area is 120 Å². The fraction of sp³-hybridized carbons (Fsp3) is 0.933. The molecule has 116 valence electrons. The smallest absolute Gasteiger partial charge is 0.251 e. The summed E-state index contributed by atoms with van der Waals surface area (Å²) in [5.74, 6) is 0.217. The summed E-state index contributed by atoms with van der Waals surface area (Å²) in [5.41, 5.74) is 0.119. The fourth-order valence-corrected chi connectivity index (χ4v) is 3.19. The second-order valence-electron chi connectivity index (χ2n) is 6.79. The van der Waals surface area contributed by atoms with Gasteiger partial charge < -0.3 is 5.11 Å². The van der Waals surface area contributed by atoms with Crippen LogP contribution in [0.5, 0.6) is 0 Å². The van der Waals surface area contributed by atoms with Gasteiger partial charge in [0.15, 0.2) is 0 Å². The Morgan fingerprint density at radius 3 is 2.45 bits per heavy atom. The van der Waals surface area contributed by atoms with Crippen LogP contribution in [0, 0.1) is 28.6 Å². The molecule has 0 aromatic heterocycles. The zero-order valence-electron chi connectivity index (χ0n) is 12.6. The number of rotatable bonds is 5. The van der Waals surface area contributed by atoms with Gasteiger partial charge in [0.2, 0.25) is 0 Å². The summed E-state index contributed by atoms with van der Waals surface area (Å²) in [6, 6.07) is 2.10. The predicted molar refractivity (Wildman–Crippen MR) is 74.3 cm³/mol. The quantitative estimate of drug-likeness (QED) is 0.846. The molecule has 1 saturated carbocycles. The monoisotopic (exact) mass is 288 g/mol. The molecule has 5 heteroatoms. The molecule has 0 bridgehead atoms. The molecule has 1 fully saturated rings. The number of nitrogens with zero attached hydrogens (tertiary/aromatic N) is 2. The van der Waals surface area contributed by atoms with E-state index in [-0.39, 0.29) is 37.1 Å². The molecule has 0 radical (unpaired) electrons. The van der Waals surface area contributed by atoms with Gasteiger partial charge in [-0.15, -0.1) is 0 Å². The van der Waals surface area contributed by atoms with Gasteiger partial charge in [-0.3, -0.25) is 4.90 Å². The summed E-state index contributed by atoms with van der Waals surface area (Å²) < 4.78 is 25.4. The van der Waals surface area contributed by atoms with Crippen molar-refractivity contribution in [3.05, 3.63) is 0 Å². The Balaban J connectivity index is 2.85. The van der Waals surface area contributed by atoms with E-state index in [1.807, 2.05) is 0 Å². The van der Waals surface area contributed by atoms with Gasteiger partial charge in [-0.05, 0) is 30.6 Å². The molecule has 0 aromatic rings. The molecule has 1 N–H and O–H groups in total.